The Labute approximate surface area is 164 Å². The molecule has 1 atom stereocenters. The molecule has 7 heteroatoms. The Morgan fingerprint density at radius 3 is 2.67 bits per heavy atom. The number of rotatable bonds is 8. The zero-order chi connectivity index (χ0) is 20.0. The third-order valence-corrected chi connectivity index (χ3v) is 4.70. The smallest absolute Gasteiger partial charge is 0.342 e. The van der Waals surface area contributed by atoms with Crippen LogP contribution in [-0.4, -0.2) is 34.3 Å². The van der Waals surface area contributed by atoms with Crippen LogP contribution in [0.4, 0.5) is 0 Å². The lowest BCUT2D eigenvalue weighted by molar-refractivity contribution is -0.124. The molecule has 0 saturated heterocycles. The highest BCUT2D eigenvalue weighted by atomic mass is 35.5. The summed E-state index contributed by atoms with van der Waals surface area (Å²) in [6, 6.07) is 7.56. The fourth-order valence-electron chi connectivity index (χ4n) is 2.96. The second-order valence-electron chi connectivity index (χ2n) is 6.63. The summed E-state index contributed by atoms with van der Waals surface area (Å²) >= 11 is 6.21. The molecule has 0 fully saturated rings. The van der Waals surface area contributed by atoms with Crippen molar-refractivity contribution in [2.45, 2.75) is 53.1 Å². The minimum Gasteiger partial charge on any atom is -0.452 e. The topological polar surface area (TPSA) is 73.2 Å². The van der Waals surface area contributed by atoms with Gasteiger partial charge < -0.3 is 10.1 Å². The largest absolute Gasteiger partial charge is 0.452 e. The maximum absolute atomic E-state index is 12.5. The SMILES string of the molecule is CCC[C@H](C)NC(=O)COC(=O)c1c(C)nn(Cc2ccccc2Cl)c1C. The Balaban J connectivity index is 2.04. The zero-order valence-electron chi connectivity index (χ0n) is 16.2. The first-order chi connectivity index (χ1) is 12.8. The fourth-order valence-corrected chi connectivity index (χ4v) is 3.15. The van der Waals surface area contributed by atoms with Gasteiger partial charge in [-0.05, 0) is 38.8 Å². The van der Waals surface area contributed by atoms with E-state index in [4.69, 9.17) is 16.3 Å². The fraction of sp³-hybridized carbons (Fsp3) is 0.450. The predicted octanol–water partition coefficient (Wildman–Crippen LogP) is 3.66. The van der Waals surface area contributed by atoms with Crippen molar-refractivity contribution in [2.75, 3.05) is 6.61 Å². The van der Waals surface area contributed by atoms with Gasteiger partial charge in [0.05, 0.1) is 17.9 Å². The van der Waals surface area contributed by atoms with Crippen LogP contribution in [0.1, 0.15) is 54.0 Å². The number of carbonyl (C=O) groups is 2. The van der Waals surface area contributed by atoms with E-state index >= 15 is 0 Å². The molecule has 0 bridgehead atoms. The van der Waals surface area contributed by atoms with Crippen molar-refractivity contribution in [3.8, 4) is 0 Å². The molecule has 1 aromatic heterocycles. The molecule has 0 aliphatic rings. The molecule has 1 N–H and O–H groups in total. The maximum Gasteiger partial charge on any atom is 0.342 e. The second kappa shape index (κ2) is 9.55. The van der Waals surface area contributed by atoms with Gasteiger partial charge in [-0.2, -0.15) is 5.10 Å². The number of esters is 1. The molecule has 0 radical (unpaired) electrons. The molecule has 0 aliphatic heterocycles. The molecule has 0 saturated carbocycles. The van der Waals surface area contributed by atoms with Gasteiger partial charge in [-0.3, -0.25) is 9.48 Å². The number of halogens is 1. The molecule has 1 heterocycles. The highest BCUT2D eigenvalue weighted by molar-refractivity contribution is 6.31. The van der Waals surface area contributed by atoms with Crippen molar-refractivity contribution in [3.63, 3.8) is 0 Å². The zero-order valence-corrected chi connectivity index (χ0v) is 17.0. The lowest BCUT2D eigenvalue weighted by Crippen LogP contribution is -2.35. The Morgan fingerprint density at radius 1 is 1.30 bits per heavy atom. The van der Waals surface area contributed by atoms with Crippen molar-refractivity contribution in [1.29, 1.82) is 0 Å². The van der Waals surface area contributed by atoms with E-state index in [2.05, 4.69) is 17.3 Å². The first-order valence-electron chi connectivity index (χ1n) is 9.07. The molecular formula is C20H26ClN3O3. The van der Waals surface area contributed by atoms with E-state index in [-0.39, 0.29) is 18.6 Å². The van der Waals surface area contributed by atoms with Crippen molar-refractivity contribution in [1.82, 2.24) is 15.1 Å². The van der Waals surface area contributed by atoms with E-state index in [1.165, 1.54) is 0 Å². The average molecular weight is 392 g/mol. The lowest BCUT2D eigenvalue weighted by Gasteiger charge is -2.12. The summed E-state index contributed by atoms with van der Waals surface area (Å²) in [6.07, 6.45) is 1.86. The molecule has 1 amide bonds. The molecule has 1 aromatic carbocycles. The number of hydrogen-bond acceptors (Lipinski definition) is 4. The maximum atomic E-state index is 12.5. The number of hydrogen-bond donors (Lipinski definition) is 1. The number of carbonyl (C=O) groups excluding carboxylic acids is 2. The second-order valence-corrected chi connectivity index (χ2v) is 7.04. The van der Waals surface area contributed by atoms with Crippen LogP contribution in [0.5, 0.6) is 0 Å². The summed E-state index contributed by atoms with van der Waals surface area (Å²) in [5.41, 5.74) is 2.53. The molecule has 2 rings (SSSR count). The van der Waals surface area contributed by atoms with Gasteiger partial charge in [0.25, 0.3) is 5.91 Å². The van der Waals surface area contributed by atoms with E-state index in [0.717, 1.165) is 18.4 Å². The highest BCUT2D eigenvalue weighted by Crippen LogP contribution is 2.20. The van der Waals surface area contributed by atoms with E-state index in [1.807, 2.05) is 31.2 Å². The number of nitrogens with zero attached hydrogens (tertiary/aromatic N) is 2. The standard InChI is InChI=1S/C20H26ClN3O3/c1-5-8-13(2)22-18(25)12-27-20(26)19-14(3)23-24(15(19)4)11-16-9-6-7-10-17(16)21/h6-7,9-10,13H,5,8,11-12H2,1-4H3,(H,22,25)/t13-/m0/s1. The van der Waals surface area contributed by atoms with Crippen LogP contribution >= 0.6 is 11.6 Å². The molecule has 27 heavy (non-hydrogen) atoms. The number of aromatic nitrogens is 2. The van der Waals surface area contributed by atoms with Crippen LogP contribution in [0, 0.1) is 13.8 Å². The Kier molecular flexibility index (Phi) is 7.42. The highest BCUT2D eigenvalue weighted by Gasteiger charge is 2.21. The monoisotopic (exact) mass is 391 g/mol. The van der Waals surface area contributed by atoms with E-state index in [1.54, 1.807) is 18.5 Å². The van der Waals surface area contributed by atoms with E-state index in [9.17, 15) is 9.59 Å². The van der Waals surface area contributed by atoms with Gasteiger partial charge in [0.15, 0.2) is 6.61 Å². The number of nitrogens with one attached hydrogen (secondary N) is 1. The normalized spacial score (nSPS) is 11.9. The Morgan fingerprint density at radius 2 is 2.00 bits per heavy atom. The quantitative estimate of drug-likeness (QED) is 0.697. The van der Waals surface area contributed by atoms with Crippen LogP contribution in [0.3, 0.4) is 0 Å². The van der Waals surface area contributed by atoms with Gasteiger partial charge in [0.1, 0.15) is 5.56 Å². The van der Waals surface area contributed by atoms with Crippen LogP contribution < -0.4 is 5.32 Å². The molecular weight excluding hydrogens is 366 g/mol. The summed E-state index contributed by atoms with van der Waals surface area (Å²) in [5, 5.41) is 7.88. The summed E-state index contributed by atoms with van der Waals surface area (Å²) in [6.45, 7) is 7.67. The van der Waals surface area contributed by atoms with Crippen molar-refractivity contribution < 1.29 is 14.3 Å². The van der Waals surface area contributed by atoms with Crippen LogP contribution in [0.25, 0.3) is 0 Å². The van der Waals surface area contributed by atoms with Gasteiger partial charge in [0, 0.05) is 11.1 Å². The third kappa shape index (κ3) is 5.57. The number of aryl methyl sites for hydroxylation is 1. The predicted molar refractivity (Wildman–Crippen MR) is 105 cm³/mol. The summed E-state index contributed by atoms with van der Waals surface area (Å²) in [7, 11) is 0. The van der Waals surface area contributed by atoms with Gasteiger partial charge in [0.2, 0.25) is 0 Å². The van der Waals surface area contributed by atoms with Crippen LogP contribution in [0.15, 0.2) is 24.3 Å². The van der Waals surface area contributed by atoms with Crippen molar-refractivity contribution in [2.24, 2.45) is 0 Å². The summed E-state index contributed by atoms with van der Waals surface area (Å²) in [4.78, 5) is 24.3. The van der Waals surface area contributed by atoms with E-state index < -0.39 is 5.97 Å². The number of amides is 1. The first kappa shape index (κ1) is 21.0. The number of ether oxygens (including phenoxy) is 1. The van der Waals surface area contributed by atoms with Gasteiger partial charge in [-0.25, -0.2) is 4.79 Å². The van der Waals surface area contributed by atoms with Crippen LogP contribution in [0.2, 0.25) is 5.02 Å². The average Bonchev–Trinajstić information content (AvgIpc) is 2.88. The summed E-state index contributed by atoms with van der Waals surface area (Å²) < 4.78 is 6.91. The van der Waals surface area contributed by atoms with Gasteiger partial charge >= 0.3 is 5.97 Å². The first-order valence-corrected chi connectivity index (χ1v) is 9.45. The van der Waals surface area contributed by atoms with E-state index in [0.29, 0.717) is 28.5 Å². The van der Waals surface area contributed by atoms with Gasteiger partial charge in [-0.15, -0.1) is 0 Å². The number of benzene rings is 1. The van der Waals surface area contributed by atoms with Crippen LogP contribution in [-0.2, 0) is 16.1 Å². The minimum atomic E-state index is -0.547. The summed E-state index contributed by atoms with van der Waals surface area (Å²) in [5.74, 6) is -0.850. The third-order valence-electron chi connectivity index (χ3n) is 4.33. The molecule has 0 spiro atoms. The van der Waals surface area contributed by atoms with Crippen molar-refractivity contribution >= 4 is 23.5 Å². The molecule has 2 aromatic rings. The Hall–Kier alpha value is -2.34. The lowest BCUT2D eigenvalue weighted by atomic mass is 10.2. The van der Waals surface area contributed by atoms with Crippen molar-refractivity contribution in [3.05, 3.63) is 51.8 Å². The molecule has 0 unspecified atom stereocenters. The minimum absolute atomic E-state index is 0.0584. The molecule has 146 valence electrons. The molecule has 6 nitrogen and oxygen atoms in total. The van der Waals surface area contributed by atoms with Gasteiger partial charge in [-0.1, -0.05) is 43.1 Å². The Bertz CT molecular complexity index is 817. The molecule has 0 aliphatic carbocycles.